The molecule has 10 heavy (non-hydrogen) atoms. The fraction of sp³-hybridized carbons (Fsp3) is 0.400. The summed E-state index contributed by atoms with van der Waals surface area (Å²) >= 11 is 0. The Labute approximate surface area is 64.9 Å². The summed E-state index contributed by atoms with van der Waals surface area (Å²) in [7, 11) is 0. The topological polar surface area (TPSA) is 0 Å². The summed E-state index contributed by atoms with van der Waals surface area (Å²) in [6, 6.07) is 10.3. The Morgan fingerprint density at radius 3 is 1.50 bits per heavy atom. The first-order chi connectivity index (χ1) is 4.39. The van der Waals surface area contributed by atoms with Crippen LogP contribution in [0, 0.1) is 6.92 Å². The Bertz CT molecular complexity index is 130. The molecule has 0 heteroatoms. The van der Waals surface area contributed by atoms with E-state index in [0.717, 1.165) is 0 Å². The van der Waals surface area contributed by atoms with Crippen LogP contribution in [0.3, 0.4) is 0 Å². The van der Waals surface area contributed by atoms with Gasteiger partial charge >= 0.3 is 0 Å². The first-order valence-electron chi connectivity index (χ1n) is 3.41. The van der Waals surface area contributed by atoms with Gasteiger partial charge < -0.3 is 0 Å². The van der Waals surface area contributed by atoms with Gasteiger partial charge in [0.2, 0.25) is 0 Å². The molecule has 0 aliphatic rings. The minimum absolute atomic E-state index is 0. The first kappa shape index (κ1) is 12.0. The zero-order valence-corrected chi connectivity index (χ0v) is 6.39. The summed E-state index contributed by atoms with van der Waals surface area (Å²) in [6.07, 6.45) is 0. The van der Waals surface area contributed by atoms with Crippen molar-refractivity contribution >= 4 is 0 Å². The van der Waals surface area contributed by atoms with Crippen LogP contribution >= 0.6 is 0 Å². The van der Waals surface area contributed by atoms with Gasteiger partial charge in [-0.3, -0.25) is 0 Å². The van der Waals surface area contributed by atoms with Crippen LogP contribution in [0.1, 0.15) is 26.8 Å². The molecule has 0 spiro atoms. The highest BCUT2D eigenvalue weighted by molar-refractivity contribution is 5.11. The highest BCUT2D eigenvalue weighted by Gasteiger charge is 1.72. The highest BCUT2D eigenvalue weighted by atomic mass is 13.8. The highest BCUT2D eigenvalue weighted by Crippen LogP contribution is 1.92. The van der Waals surface area contributed by atoms with Crippen molar-refractivity contribution in [3.63, 3.8) is 0 Å². The predicted molar refractivity (Wildman–Crippen MR) is 49.3 cm³/mol. The lowest BCUT2D eigenvalue weighted by molar-refractivity contribution is 1.48. The molecule has 0 saturated carbocycles. The molecule has 1 aromatic carbocycles. The molecule has 0 aromatic heterocycles. The lowest BCUT2D eigenvalue weighted by Gasteiger charge is -1.82. The van der Waals surface area contributed by atoms with Crippen molar-refractivity contribution < 1.29 is 0 Å². The number of aryl methyl sites for hydroxylation is 1. The van der Waals surface area contributed by atoms with Gasteiger partial charge in [-0.1, -0.05) is 57.2 Å². The van der Waals surface area contributed by atoms with E-state index in [-0.39, 0.29) is 7.43 Å². The molecule has 0 aliphatic carbocycles. The van der Waals surface area contributed by atoms with Crippen molar-refractivity contribution in [2.24, 2.45) is 0 Å². The van der Waals surface area contributed by atoms with Crippen molar-refractivity contribution in [1.29, 1.82) is 0 Å². The fourth-order valence-electron chi connectivity index (χ4n) is 0.534. The molecule has 0 unspecified atom stereocenters. The van der Waals surface area contributed by atoms with E-state index in [9.17, 15) is 0 Å². The summed E-state index contributed by atoms with van der Waals surface area (Å²) in [4.78, 5) is 0. The Kier molecular flexibility index (Phi) is 9.82. The summed E-state index contributed by atoms with van der Waals surface area (Å²) < 4.78 is 0. The van der Waals surface area contributed by atoms with Gasteiger partial charge in [0, 0.05) is 0 Å². The average molecular weight is 138 g/mol. The molecular formula is C10H18. The van der Waals surface area contributed by atoms with E-state index < -0.39 is 0 Å². The van der Waals surface area contributed by atoms with Gasteiger partial charge in [-0.25, -0.2) is 0 Å². The lowest BCUT2D eigenvalue weighted by Crippen LogP contribution is -1.62. The van der Waals surface area contributed by atoms with Gasteiger partial charge in [-0.15, -0.1) is 0 Å². The molecular weight excluding hydrogens is 120 g/mol. The second-order valence-corrected chi connectivity index (χ2v) is 1.65. The summed E-state index contributed by atoms with van der Waals surface area (Å²) in [5.74, 6) is 0. The van der Waals surface area contributed by atoms with Crippen LogP contribution in [-0.4, -0.2) is 0 Å². The van der Waals surface area contributed by atoms with Crippen molar-refractivity contribution in [3.8, 4) is 0 Å². The Morgan fingerprint density at radius 1 is 0.900 bits per heavy atom. The second kappa shape index (κ2) is 8.22. The van der Waals surface area contributed by atoms with Crippen LogP contribution in [0.25, 0.3) is 0 Å². The van der Waals surface area contributed by atoms with E-state index in [1.54, 1.807) is 0 Å². The van der Waals surface area contributed by atoms with Crippen LogP contribution in [0.5, 0.6) is 0 Å². The molecule has 0 nitrogen and oxygen atoms in total. The van der Waals surface area contributed by atoms with Crippen molar-refractivity contribution in [1.82, 2.24) is 0 Å². The van der Waals surface area contributed by atoms with E-state index in [0.29, 0.717) is 0 Å². The van der Waals surface area contributed by atoms with Gasteiger partial charge in [0.15, 0.2) is 0 Å². The minimum atomic E-state index is 0. The summed E-state index contributed by atoms with van der Waals surface area (Å²) in [5, 5.41) is 0. The predicted octanol–water partition coefficient (Wildman–Crippen LogP) is 3.66. The molecule has 0 aliphatic heterocycles. The van der Waals surface area contributed by atoms with Crippen molar-refractivity contribution in [3.05, 3.63) is 35.9 Å². The minimum Gasteiger partial charge on any atom is -0.0776 e. The average Bonchev–Trinajstić information content (AvgIpc) is 1.94. The molecule has 0 fully saturated rings. The van der Waals surface area contributed by atoms with E-state index in [1.807, 2.05) is 32.0 Å². The maximum Gasteiger partial charge on any atom is -0.0398 e. The van der Waals surface area contributed by atoms with Gasteiger partial charge in [0.25, 0.3) is 0 Å². The molecule has 0 N–H and O–H groups in total. The van der Waals surface area contributed by atoms with Crippen molar-refractivity contribution in [2.45, 2.75) is 28.2 Å². The van der Waals surface area contributed by atoms with E-state index in [1.165, 1.54) is 5.56 Å². The molecule has 0 amide bonds. The second-order valence-electron chi connectivity index (χ2n) is 1.65. The third-order valence-corrected chi connectivity index (χ3v) is 0.940. The molecule has 58 valence electrons. The third kappa shape index (κ3) is 5.36. The zero-order valence-electron chi connectivity index (χ0n) is 6.39. The van der Waals surface area contributed by atoms with Gasteiger partial charge in [0.05, 0.1) is 0 Å². The van der Waals surface area contributed by atoms with Crippen LogP contribution < -0.4 is 0 Å². The van der Waals surface area contributed by atoms with Crippen LogP contribution in [0.4, 0.5) is 0 Å². The summed E-state index contributed by atoms with van der Waals surface area (Å²) in [5.41, 5.74) is 1.32. The van der Waals surface area contributed by atoms with Gasteiger partial charge in [-0.05, 0) is 6.92 Å². The first-order valence-corrected chi connectivity index (χ1v) is 3.41. The molecule has 0 radical (unpaired) electrons. The summed E-state index contributed by atoms with van der Waals surface area (Å²) in [6.45, 7) is 6.08. The van der Waals surface area contributed by atoms with Crippen LogP contribution in [0.2, 0.25) is 0 Å². The Balaban J connectivity index is 0. The van der Waals surface area contributed by atoms with Gasteiger partial charge in [-0.2, -0.15) is 0 Å². The maximum atomic E-state index is 2.08. The quantitative estimate of drug-likeness (QED) is 0.513. The standard InChI is InChI=1S/C7H8.C2H6.CH4/c1-7-5-3-2-4-6-7;1-2;/h2-6H,1H3;1-2H3;1H4. The Hall–Kier alpha value is -0.780. The van der Waals surface area contributed by atoms with E-state index >= 15 is 0 Å². The SMILES string of the molecule is C.CC.Cc1ccccc1. The van der Waals surface area contributed by atoms with Crippen LogP contribution in [-0.2, 0) is 0 Å². The van der Waals surface area contributed by atoms with E-state index in [2.05, 4.69) is 19.1 Å². The molecule has 0 bridgehead atoms. The smallest absolute Gasteiger partial charge is 0.0398 e. The normalized spacial score (nSPS) is 6.70. The molecule has 1 aromatic rings. The van der Waals surface area contributed by atoms with Crippen LogP contribution in [0.15, 0.2) is 30.3 Å². The molecule has 0 heterocycles. The number of hydrogen-bond donors (Lipinski definition) is 0. The molecule has 0 saturated heterocycles. The number of rotatable bonds is 0. The number of hydrogen-bond acceptors (Lipinski definition) is 0. The monoisotopic (exact) mass is 138 g/mol. The largest absolute Gasteiger partial charge is 0.0776 e. The van der Waals surface area contributed by atoms with Crippen molar-refractivity contribution in [2.75, 3.05) is 0 Å². The maximum absolute atomic E-state index is 2.08. The van der Waals surface area contributed by atoms with Gasteiger partial charge in [0.1, 0.15) is 0 Å². The lowest BCUT2D eigenvalue weighted by atomic mass is 10.2. The molecule has 1 rings (SSSR count). The Morgan fingerprint density at radius 2 is 1.30 bits per heavy atom. The molecule has 0 atom stereocenters. The number of benzene rings is 1. The third-order valence-electron chi connectivity index (χ3n) is 0.940. The van der Waals surface area contributed by atoms with E-state index in [4.69, 9.17) is 0 Å². The zero-order chi connectivity index (χ0) is 7.11. The fourth-order valence-corrected chi connectivity index (χ4v) is 0.534.